The zero-order valence-electron chi connectivity index (χ0n) is 18.7. The fourth-order valence-electron chi connectivity index (χ4n) is 6.24. The fraction of sp³-hybridized carbons (Fsp3) is 0.696. The molecule has 0 saturated heterocycles. The Morgan fingerprint density at radius 2 is 1.58 bits per heavy atom. The second kappa shape index (κ2) is 7.01. The predicted octanol–water partition coefficient (Wildman–Crippen LogP) is 2.17. The molecule has 0 radical (unpaired) electrons. The van der Waals surface area contributed by atoms with Gasteiger partial charge in [0.15, 0.2) is 0 Å². The summed E-state index contributed by atoms with van der Waals surface area (Å²) in [5, 5.41) is 24.1. The van der Waals surface area contributed by atoms with Crippen LogP contribution in [0.5, 0.6) is 0 Å². The Kier molecular flexibility index (Phi) is 5.13. The van der Waals surface area contributed by atoms with Gasteiger partial charge in [0.05, 0.1) is 16.1 Å². The lowest BCUT2D eigenvalue weighted by atomic mass is 9.51. The third-order valence-electron chi connectivity index (χ3n) is 7.24. The molecule has 8 heteroatoms. The van der Waals surface area contributed by atoms with Crippen LogP contribution < -0.4 is 10.0 Å². The number of carbonyl (C=O) groups excluding carboxylic acids is 1. The molecule has 172 valence electrons. The second-order valence-electron chi connectivity index (χ2n) is 11.2. The molecule has 7 nitrogen and oxygen atoms in total. The maximum atomic E-state index is 13.2. The standard InChI is InChI=1S/C23H34N2O5S/c1-20(2,25-31(29,30)18-7-5-17(6-8-18)21(3,4)27)19(26)24-22-10-15-9-16(11-22)13-23(28,12-15)14-22/h5-8,15-16,25,27-28H,9-14H2,1-4H3,(H,24,26). The van der Waals surface area contributed by atoms with Crippen molar-refractivity contribution in [2.24, 2.45) is 11.8 Å². The molecule has 0 aromatic heterocycles. The number of amides is 1. The van der Waals surface area contributed by atoms with E-state index in [0.29, 0.717) is 23.8 Å². The van der Waals surface area contributed by atoms with Crippen LogP contribution in [-0.4, -0.2) is 41.2 Å². The minimum atomic E-state index is -3.95. The van der Waals surface area contributed by atoms with E-state index in [2.05, 4.69) is 10.0 Å². The SMILES string of the molecule is CC(C)(NS(=O)(=O)c1ccc(C(C)(C)O)cc1)C(=O)NC12CC3CC(CC(O)(C3)C1)C2. The quantitative estimate of drug-likeness (QED) is 0.530. The Labute approximate surface area is 184 Å². The Hall–Kier alpha value is -1.48. The van der Waals surface area contributed by atoms with Crippen LogP contribution in [-0.2, 0) is 20.4 Å². The zero-order valence-corrected chi connectivity index (χ0v) is 19.6. The van der Waals surface area contributed by atoms with Gasteiger partial charge in [-0.15, -0.1) is 0 Å². The first-order chi connectivity index (χ1) is 14.1. The Balaban J connectivity index is 1.49. The summed E-state index contributed by atoms with van der Waals surface area (Å²) in [5.74, 6) is 0.455. The lowest BCUT2D eigenvalue weighted by Gasteiger charge is -2.60. The van der Waals surface area contributed by atoms with Gasteiger partial charge >= 0.3 is 0 Å². The largest absolute Gasteiger partial charge is 0.390 e. The number of sulfonamides is 1. The van der Waals surface area contributed by atoms with Crippen LogP contribution in [0.1, 0.15) is 71.8 Å². The van der Waals surface area contributed by atoms with Crippen molar-refractivity contribution in [3.63, 3.8) is 0 Å². The third kappa shape index (κ3) is 4.40. The van der Waals surface area contributed by atoms with Gasteiger partial charge < -0.3 is 15.5 Å². The van der Waals surface area contributed by atoms with E-state index in [1.165, 1.54) is 12.1 Å². The molecular weight excluding hydrogens is 416 g/mol. The van der Waals surface area contributed by atoms with Crippen molar-refractivity contribution in [2.45, 2.75) is 93.4 Å². The highest BCUT2D eigenvalue weighted by atomic mass is 32.2. The van der Waals surface area contributed by atoms with E-state index in [1.807, 2.05) is 0 Å². The van der Waals surface area contributed by atoms with Crippen molar-refractivity contribution in [3.05, 3.63) is 29.8 Å². The van der Waals surface area contributed by atoms with Gasteiger partial charge in [-0.3, -0.25) is 4.79 Å². The summed E-state index contributed by atoms with van der Waals surface area (Å²) in [7, 11) is -3.95. The van der Waals surface area contributed by atoms with Gasteiger partial charge in [-0.2, -0.15) is 4.72 Å². The molecule has 4 aliphatic carbocycles. The Bertz CT molecular complexity index is 964. The highest BCUT2D eigenvalue weighted by Crippen LogP contribution is 2.57. The monoisotopic (exact) mass is 450 g/mol. The Morgan fingerprint density at radius 1 is 1.03 bits per heavy atom. The molecule has 4 aliphatic rings. The number of aliphatic hydroxyl groups is 2. The molecule has 0 heterocycles. The minimum absolute atomic E-state index is 0.0329. The smallest absolute Gasteiger partial charge is 0.241 e. The minimum Gasteiger partial charge on any atom is -0.390 e. The lowest BCUT2D eigenvalue weighted by molar-refractivity contribution is -0.153. The van der Waals surface area contributed by atoms with E-state index in [4.69, 9.17) is 0 Å². The molecule has 2 atom stereocenters. The summed E-state index contributed by atoms with van der Waals surface area (Å²) in [5.41, 5.74) is -2.99. The molecule has 0 spiro atoms. The lowest BCUT2D eigenvalue weighted by Crippen LogP contribution is -2.68. The van der Waals surface area contributed by atoms with Crippen molar-refractivity contribution >= 4 is 15.9 Å². The number of rotatable bonds is 6. The summed E-state index contributed by atoms with van der Waals surface area (Å²) < 4.78 is 28.4. The second-order valence-corrected chi connectivity index (χ2v) is 12.9. The molecular formula is C23H34N2O5S. The van der Waals surface area contributed by atoms with Crippen LogP contribution in [0.2, 0.25) is 0 Å². The van der Waals surface area contributed by atoms with E-state index in [0.717, 1.165) is 32.1 Å². The first-order valence-corrected chi connectivity index (χ1v) is 12.5. The average Bonchev–Trinajstić information content (AvgIpc) is 2.57. The molecule has 1 aromatic rings. The molecule has 2 unspecified atom stereocenters. The van der Waals surface area contributed by atoms with Gasteiger partial charge in [0.25, 0.3) is 0 Å². The number of carbonyl (C=O) groups is 1. The fourth-order valence-corrected chi connectivity index (χ4v) is 7.62. The molecule has 1 amide bonds. The van der Waals surface area contributed by atoms with Gasteiger partial charge in [-0.1, -0.05) is 12.1 Å². The van der Waals surface area contributed by atoms with Crippen molar-refractivity contribution in [3.8, 4) is 0 Å². The topological polar surface area (TPSA) is 116 Å². The molecule has 4 saturated carbocycles. The predicted molar refractivity (Wildman–Crippen MR) is 117 cm³/mol. The summed E-state index contributed by atoms with van der Waals surface area (Å²) >= 11 is 0. The average molecular weight is 451 g/mol. The summed E-state index contributed by atoms with van der Waals surface area (Å²) in [6.45, 7) is 6.37. The highest BCUT2D eigenvalue weighted by Gasteiger charge is 2.58. The maximum absolute atomic E-state index is 13.2. The molecule has 5 rings (SSSR count). The van der Waals surface area contributed by atoms with E-state index in [-0.39, 0.29) is 10.8 Å². The molecule has 31 heavy (non-hydrogen) atoms. The first kappa shape index (κ1) is 22.7. The number of benzene rings is 1. The number of nitrogens with one attached hydrogen (secondary N) is 2. The van der Waals surface area contributed by atoms with Gasteiger partial charge in [-0.05, 0) is 95.8 Å². The van der Waals surface area contributed by atoms with E-state index in [1.54, 1.807) is 39.8 Å². The van der Waals surface area contributed by atoms with Crippen LogP contribution in [0.25, 0.3) is 0 Å². The van der Waals surface area contributed by atoms with Gasteiger partial charge in [-0.25, -0.2) is 8.42 Å². The molecule has 4 N–H and O–H groups in total. The first-order valence-electron chi connectivity index (χ1n) is 11.0. The van der Waals surface area contributed by atoms with Crippen LogP contribution >= 0.6 is 0 Å². The normalized spacial score (nSPS) is 32.8. The van der Waals surface area contributed by atoms with E-state index >= 15 is 0 Å². The maximum Gasteiger partial charge on any atom is 0.241 e. The van der Waals surface area contributed by atoms with Crippen molar-refractivity contribution < 1.29 is 23.4 Å². The van der Waals surface area contributed by atoms with Crippen LogP contribution in [0, 0.1) is 11.8 Å². The summed E-state index contributed by atoms with van der Waals surface area (Å²) in [4.78, 5) is 13.2. The van der Waals surface area contributed by atoms with Gasteiger partial charge in [0.1, 0.15) is 5.54 Å². The van der Waals surface area contributed by atoms with Crippen molar-refractivity contribution in [2.75, 3.05) is 0 Å². The highest BCUT2D eigenvalue weighted by molar-refractivity contribution is 7.89. The third-order valence-corrected chi connectivity index (χ3v) is 8.91. The van der Waals surface area contributed by atoms with E-state index in [9.17, 15) is 23.4 Å². The molecule has 4 fully saturated rings. The van der Waals surface area contributed by atoms with Crippen LogP contribution in [0.15, 0.2) is 29.2 Å². The summed E-state index contributed by atoms with van der Waals surface area (Å²) in [6.07, 6.45) is 4.95. The number of hydrogen-bond donors (Lipinski definition) is 4. The molecule has 0 aliphatic heterocycles. The van der Waals surface area contributed by atoms with Gasteiger partial charge in [0, 0.05) is 5.54 Å². The van der Waals surface area contributed by atoms with Crippen LogP contribution in [0.4, 0.5) is 0 Å². The van der Waals surface area contributed by atoms with Crippen LogP contribution in [0.3, 0.4) is 0 Å². The number of hydrogen-bond acceptors (Lipinski definition) is 5. The molecule has 4 bridgehead atoms. The van der Waals surface area contributed by atoms with E-state index < -0.39 is 32.3 Å². The zero-order chi connectivity index (χ0) is 22.9. The van der Waals surface area contributed by atoms with Crippen molar-refractivity contribution in [1.82, 2.24) is 10.0 Å². The van der Waals surface area contributed by atoms with Gasteiger partial charge in [0.2, 0.25) is 15.9 Å². The summed E-state index contributed by atoms with van der Waals surface area (Å²) in [6, 6.07) is 5.99. The van der Waals surface area contributed by atoms with Crippen molar-refractivity contribution in [1.29, 1.82) is 0 Å². The Morgan fingerprint density at radius 3 is 2.06 bits per heavy atom. The molecule has 1 aromatic carbocycles.